The molecule has 0 aliphatic heterocycles. The molecule has 1 heterocycles. The Labute approximate surface area is 168 Å². The van der Waals surface area contributed by atoms with Gasteiger partial charge in [0, 0.05) is 29.1 Å². The van der Waals surface area contributed by atoms with Crippen LogP contribution in [0.25, 0.3) is 11.1 Å². The van der Waals surface area contributed by atoms with Gasteiger partial charge in [0.15, 0.2) is 0 Å². The number of unbranched alkanes of at least 4 members (excludes halogenated alkanes) is 1. The monoisotopic (exact) mass is 457 g/mol. The van der Waals surface area contributed by atoms with Gasteiger partial charge < -0.3 is 9.15 Å². The molecule has 0 spiro atoms. The van der Waals surface area contributed by atoms with Crippen molar-refractivity contribution in [2.75, 3.05) is 17.1 Å². The number of nitrogens with zero attached hydrogens (tertiary/aromatic N) is 1. The summed E-state index contributed by atoms with van der Waals surface area (Å²) in [6, 6.07) is 7.55. The van der Waals surface area contributed by atoms with E-state index >= 15 is 0 Å². The number of furan rings is 1. The highest BCUT2D eigenvalue weighted by Crippen LogP contribution is 2.40. The molecule has 0 amide bonds. The predicted octanol–water partition coefficient (Wildman–Crippen LogP) is 4.65. The van der Waals surface area contributed by atoms with Crippen LogP contribution in [0.15, 0.2) is 33.2 Å². The predicted molar refractivity (Wildman–Crippen MR) is 109 cm³/mol. The van der Waals surface area contributed by atoms with Crippen molar-refractivity contribution in [1.82, 2.24) is 0 Å². The Bertz CT molecular complexity index is 903. The molecule has 6 nitrogen and oxygen atoms in total. The van der Waals surface area contributed by atoms with E-state index in [1.807, 2.05) is 38.1 Å². The first-order valence-electron chi connectivity index (χ1n) is 8.64. The third kappa shape index (κ3) is 5.35. The van der Waals surface area contributed by atoms with E-state index in [9.17, 15) is 13.2 Å². The Morgan fingerprint density at radius 3 is 2.41 bits per heavy atom. The van der Waals surface area contributed by atoms with Gasteiger partial charge in [-0.25, -0.2) is 12.7 Å². The molecule has 0 fully saturated rings. The SMILES string of the molecule is CCCCN(c1oc(COC(C)=O)c(C)c1-c1ccc(Br)cc1)S(C)(=O)=O. The van der Waals surface area contributed by atoms with Crippen molar-refractivity contribution in [2.24, 2.45) is 0 Å². The number of ether oxygens (including phenoxy) is 1. The maximum Gasteiger partial charge on any atom is 0.303 e. The Morgan fingerprint density at radius 2 is 1.89 bits per heavy atom. The zero-order valence-electron chi connectivity index (χ0n) is 15.9. The summed E-state index contributed by atoms with van der Waals surface area (Å²) in [6.07, 6.45) is 2.71. The summed E-state index contributed by atoms with van der Waals surface area (Å²) in [4.78, 5) is 11.2. The van der Waals surface area contributed by atoms with E-state index < -0.39 is 16.0 Å². The quantitative estimate of drug-likeness (QED) is 0.539. The number of halogens is 1. The molecule has 148 valence electrons. The minimum Gasteiger partial charge on any atom is -0.458 e. The number of carbonyl (C=O) groups excluding carboxylic acids is 1. The zero-order valence-corrected chi connectivity index (χ0v) is 18.3. The van der Waals surface area contributed by atoms with Gasteiger partial charge in [-0.2, -0.15) is 0 Å². The van der Waals surface area contributed by atoms with Crippen molar-refractivity contribution in [1.29, 1.82) is 0 Å². The third-order valence-electron chi connectivity index (χ3n) is 4.11. The highest BCUT2D eigenvalue weighted by Gasteiger charge is 2.28. The number of hydrogen-bond donors (Lipinski definition) is 0. The summed E-state index contributed by atoms with van der Waals surface area (Å²) < 4.78 is 38.1. The van der Waals surface area contributed by atoms with Crippen LogP contribution in [0.4, 0.5) is 5.88 Å². The lowest BCUT2D eigenvalue weighted by molar-refractivity contribution is -0.142. The number of benzene rings is 1. The molecule has 0 bridgehead atoms. The molecule has 2 aromatic rings. The number of anilines is 1. The smallest absolute Gasteiger partial charge is 0.303 e. The Hall–Kier alpha value is -1.80. The van der Waals surface area contributed by atoms with E-state index in [4.69, 9.17) is 9.15 Å². The van der Waals surface area contributed by atoms with Crippen molar-refractivity contribution in [3.05, 3.63) is 40.1 Å². The first-order valence-corrected chi connectivity index (χ1v) is 11.3. The van der Waals surface area contributed by atoms with E-state index in [2.05, 4.69) is 15.9 Å². The van der Waals surface area contributed by atoms with E-state index in [1.54, 1.807) is 0 Å². The molecular weight excluding hydrogens is 434 g/mol. The number of sulfonamides is 1. The lowest BCUT2D eigenvalue weighted by atomic mass is 10.0. The fourth-order valence-electron chi connectivity index (χ4n) is 2.70. The first-order chi connectivity index (χ1) is 12.6. The van der Waals surface area contributed by atoms with Crippen molar-refractivity contribution in [2.45, 2.75) is 40.2 Å². The van der Waals surface area contributed by atoms with Gasteiger partial charge in [0.25, 0.3) is 0 Å². The van der Waals surface area contributed by atoms with Crippen LogP contribution >= 0.6 is 15.9 Å². The van der Waals surface area contributed by atoms with Crippen LogP contribution in [-0.2, 0) is 26.2 Å². The Kier molecular flexibility index (Phi) is 7.11. The van der Waals surface area contributed by atoms with Crippen molar-refractivity contribution in [3.63, 3.8) is 0 Å². The van der Waals surface area contributed by atoms with Crippen LogP contribution in [0.3, 0.4) is 0 Å². The summed E-state index contributed by atoms with van der Waals surface area (Å²) in [6.45, 7) is 5.42. The molecule has 0 saturated heterocycles. The number of carbonyl (C=O) groups is 1. The lowest BCUT2D eigenvalue weighted by Crippen LogP contribution is -2.30. The van der Waals surface area contributed by atoms with Gasteiger partial charge in [0.2, 0.25) is 15.9 Å². The number of esters is 1. The molecule has 0 saturated carbocycles. The van der Waals surface area contributed by atoms with Gasteiger partial charge in [-0.1, -0.05) is 41.4 Å². The van der Waals surface area contributed by atoms with Crippen molar-refractivity contribution >= 4 is 37.8 Å². The second-order valence-corrected chi connectivity index (χ2v) is 9.13. The highest BCUT2D eigenvalue weighted by atomic mass is 79.9. The molecule has 0 aliphatic rings. The minimum atomic E-state index is -3.54. The van der Waals surface area contributed by atoms with E-state index in [1.165, 1.54) is 11.2 Å². The van der Waals surface area contributed by atoms with Crippen LogP contribution in [0.5, 0.6) is 0 Å². The standard InChI is InChI=1S/C19H24BrNO5S/c1-5-6-11-21(27(4,23)24)19-18(15-7-9-16(20)10-8-15)13(2)17(26-19)12-25-14(3)22/h7-10H,5-6,11-12H2,1-4H3. The second-order valence-electron chi connectivity index (χ2n) is 6.31. The summed E-state index contributed by atoms with van der Waals surface area (Å²) >= 11 is 3.41. The van der Waals surface area contributed by atoms with Gasteiger partial charge in [-0.15, -0.1) is 0 Å². The fourth-order valence-corrected chi connectivity index (χ4v) is 3.86. The molecule has 0 atom stereocenters. The molecule has 2 rings (SSSR count). The summed E-state index contributed by atoms with van der Waals surface area (Å²) in [5.41, 5.74) is 2.26. The molecule has 0 radical (unpaired) electrons. The Morgan fingerprint density at radius 1 is 1.26 bits per heavy atom. The summed E-state index contributed by atoms with van der Waals surface area (Å²) in [5, 5.41) is 0. The van der Waals surface area contributed by atoms with Gasteiger partial charge in [-0.05, 0) is 31.0 Å². The molecular formula is C19H24BrNO5S. The molecule has 0 N–H and O–H groups in total. The molecule has 0 aliphatic carbocycles. The van der Waals surface area contributed by atoms with Gasteiger partial charge in [0.05, 0.1) is 6.26 Å². The van der Waals surface area contributed by atoms with Gasteiger partial charge in [-0.3, -0.25) is 4.79 Å². The number of rotatable bonds is 8. The topological polar surface area (TPSA) is 76.8 Å². The maximum atomic E-state index is 12.4. The largest absolute Gasteiger partial charge is 0.458 e. The molecule has 8 heteroatoms. The van der Waals surface area contributed by atoms with E-state index in [0.29, 0.717) is 24.3 Å². The highest BCUT2D eigenvalue weighted by molar-refractivity contribution is 9.10. The minimum absolute atomic E-state index is 0.0456. The van der Waals surface area contributed by atoms with Crippen molar-refractivity contribution in [3.8, 4) is 11.1 Å². The summed E-state index contributed by atoms with van der Waals surface area (Å²) in [7, 11) is -3.54. The van der Waals surface area contributed by atoms with Crippen LogP contribution in [0.2, 0.25) is 0 Å². The fraction of sp³-hybridized carbons (Fsp3) is 0.421. The van der Waals surface area contributed by atoms with Gasteiger partial charge >= 0.3 is 5.97 Å². The molecule has 1 aromatic heterocycles. The van der Waals surface area contributed by atoms with Crippen LogP contribution in [0, 0.1) is 6.92 Å². The maximum absolute atomic E-state index is 12.4. The average molecular weight is 458 g/mol. The lowest BCUT2D eigenvalue weighted by Gasteiger charge is -2.21. The second kappa shape index (κ2) is 8.93. The first kappa shape index (κ1) is 21.5. The molecule has 0 unspecified atom stereocenters. The molecule has 27 heavy (non-hydrogen) atoms. The van der Waals surface area contributed by atoms with E-state index in [0.717, 1.165) is 28.3 Å². The van der Waals surface area contributed by atoms with Crippen molar-refractivity contribution < 1.29 is 22.4 Å². The van der Waals surface area contributed by atoms with Crippen LogP contribution in [0.1, 0.15) is 38.0 Å². The third-order valence-corrected chi connectivity index (χ3v) is 5.79. The zero-order chi connectivity index (χ0) is 20.2. The average Bonchev–Trinajstić information content (AvgIpc) is 2.89. The normalized spacial score (nSPS) is 11.4. The number of hydrogen-bond acceptors (Lipinski definition) is 5. The molecule has 1 aromatic carbocycles. The van der Waals surface area contributed by atoms with Crippen LogP contribution < -0.4 is 4.31 Å². The summed E-state index contributed by atoms with van der Waals surface area (Å²) in [5.74, 6) is 0.264. The van der Waals surface area contributed by atoms with Gasteiger partial charge in [0.1, 0.15) is 12.4 Å². The van der Waals surface area contributed by atoms with Crippen LogP contribution in [-0.4, -0.2) is 27.2 Å². The van der Waals surface area contributed by atoms with E-state index in [-0.39, 0.29) is 12.5 Å². The Balaban J connectivity index is 2.63.